The number of H-pyrrole nitrogens is 1. The minimum absolute atomic E-state index is 0.00157. The van der Waals surface area contributed by atoms with Crippen molar-refractivity contribution in [2.45, 2.75) is 38.2 Å². The highest BCUT2D eigenvalue weighted by molar-refractivity contribution is 5.93. The van der Waals surface area contributed by atoms with Gasteiger partial charge in [-0.05, 0) is 57.0 Å². The monoisotopic (exact) mass is 457 g/mol. The van der Waals surface area contributed by atoms with Gasteiger partial charge in [0.15, 0.2) is 0 Å². The van der Waals surface area contributed by atoms with Crippen LogP contribution < -0.4 is 0 Å². The molecule has 0 saturated carbocycles. The molecule has 3 saturated heterocycles. The molecule has 2 aromatic rings. The average molecular weight is 458 g/mol. The molecule has 2 N–H and O–H groups in total. The Morgan fingerprint density at radius 1 is 1.30 bits per heavy atom. The summed E-state index contributed by atoms with van der Waals surface area (Å²) in [5.74, 6) is -0.121. The van der Waals surface area contributed by atoms with E-state index in [1.807, 2.05) is 34.8 Å². The molecule has 1 unspecified atom stereocenters. The number of carbonyl (C=O) groups is 3. The van der Waals surface area contributed by atoms with Crippen molar-refractivity contribution in [2.75, 3.05) is 32.7 Å². The fourth-order valence-electron chi connectivity index (χ4n) is 5.20. The highest BCUT2D eigenvalue weighted by Crippen LogP contribution is 2.43. The van der Waals surface area contributed by atoms with Crippen LogP contribution in [0.4, 0.5) is 0 Å². The van der Waals surface area contributed by atoms with Gasteiger partial charge in [-0.1, -0.05) is 0 Å². The summed E-state index contributed by atoms with van der Waals surface area (Å²) in [6, 6.07) is 5.73. The molecule has 0 aromatic carbocycles. The zero-order valence-corrected chi connectivity index (χ0v) is 18.9. The Kier molecular flexibility index (Phi) is 6.83. The minimum Gasteiger partial charge on any atom is -0.483 e. The van der Waals surface area contributed by atoms with Gasteiger partial charge in [0.2, 0.25) is 0 Å². The van der Waals surface area contributed by atoms with Crippen LogP contribution in [-0.2, 0) is 21.4 Å². The fourth-order valence-corrected chi connectivity index (χ4v) is 5.20. The molecule has 5 rings (SSSR count). The molecule has 1 amide bonds. The molecule has 10 nitrogen and oxygen atoms in total. The van der Waals surface area contributed by atoms with Crippen LogP contribution in [0, 0.1) is 5.41 Å². The summed E-state index contributed by atoms with van der Waals surface area (Å²) in [5.41, 5.74) is 1.79. The molecule has 5 heterocycles. The average Bonchev–Trinajstić information content (AvgIpc) is 3.59. The largest absolute Gasteiger partial charge is 0.483 e. The number of nitrogens with zero attached hydrogens (tertiary/aromatic N) is 4. The number of ether oxygens (including phenoxy) is 1. The first-order chi connectivity index (χ1) is 16.0. The van der Waals surface area contributed by atoms with Gasteiger partial charge in [-0.15, -0.1) is 0 Å². The van der Waals surface area contributed by atoms with Crippen LogP contribution in [0.25, 0.3) is 11.4 Å². The van der Waals surface area contributed by atoms with Crippen LogP contribution in [0.15, 0.2) is 24.4 Å². The van der Waals surface area contributed by atoms with Gasteiger partial charge in [0, 0.05) is 39.3 Å². The van der Waals surface area contributed by atoms with Gasteiger partial charge in [-0.25, -0.2) is 0 Å². The Hall–Kier alpha value is -3.14. The number of rotatable bonds is 4. The van der Waals surface area contributed by atoms with E-state index in [0.29, 0.717) is 31.6 Å². The van der Waals surface area contributed by atoms with E-state index in [9.17, 15) is 9.59 Å². The predicted octanol–water partition coefficient (Wildman–Crippen LogP) is 1.75. The molecular weight excluding hydrogens is 426 g/mol. The number of aryl methyl sites for hydroxylation is 1. The van der Waals surface area contributed by atoms with Crippen LogP contribution in [0.5, 0.6) is 0 Å². The van der Waals surface area contributed by atoms with E-state index in [1.165, 1.54) is 12.8 Å². The van der Waals surface area contributed by atoms with E-state index >= 15 is 0 Å². The molecule has 3 aliphatic rings. The van der Waals surface area contributed by atoms with Gasteiger partial charge in [-0.2, -0.15) is 5.10 Å². The topological polar surface area (TPSA) is 121 Å². The van der Waals surface area contributed by atoms with Crippen LogP contribution >= 0.6 is 0 Å². The normalized spacial score (nSPS) is 22.2. The van der Waals surface area contributed by atoms with Crippen molar-refractivity contribution in [1.29, 1.82) is 0 Å². The summed E-state index contributed by atoms with van der Waals surface area (Å²) >= 11 is 0. The molecule has 0 radical (unpaired) electrons. The van der Waals surface area contributed by atoms with Gasteiger partial charge >= 0.3 is 5.97 Å². The number of cyclic esters (lactones) is 1. The lowest BCUT2D eigenvalue weighted by Gasteiger charge is -2.36. The van der Waals surface area contributed by atoms with Crippen molar-refractivity contribution in [3.05, 3.63) is 30.1 Å². The summed E-state index contributed by atoms with van der Waals surface area (Å²) < 4.78 is 7.72. The van der Waals surface area contributed by atoms with Crippen molar-refractivity contribution in [2.24, 2.45) is 12.5 Å². The summed E-state index contributed by atoms with van der Waals surface area (Å²) in [4.78, 5) is 38.2. The molecule has 1 atom stereocenters. The Labute approximate surface area is 192 Å². The Morgan fingerprint density at radius 3 is 2.64 bits per heavy atom. The number of hydrogen-bond acceptors (Lipinski definition) is 6. The van der Waals surface area contributed by atoms with Crippen molar-refractivity contribution >= 4 is 18.3 Å². The first-order valence-electron chi connectivity index (χ1n) is 11.4. The van der Waals surface area contributed by atoms with Crippen LogP contribution in [0.1, 0.15) is 42.6 Å². The fraction of sp³-hybridized carbons (Fsp3) is 0.565. The zero-order valence-electron chi connectivity index (χ0n) is 18.9. The lowest BCUT2D eigenvalue weighted by molar-refractivity contribution is -0.151. The van der Waals surface area contributed by atoms with Crippen molar-refractivity contribution < 1.29 is 24.2 Å². The van der Waals surface area contributed by atoms with Gasteiger partial charge < -0.3 is 19.3 Å². The Bertz CT molecular complexity index is 985. The number of aromatic nitrogens is 3. The molecule has 3 aliphatic heterocycles. The molecule has 33 heavy (non-hydrogen) atoms. The third-order valence-electron chi connectivity index (χ3n) is 7.01. The molecular formula is C23H31N5O5. The van der Waals surface area contributed by atoms with Gasteiger partial charge in [0.1, 0.15) is 17.5 Å². The van der Waals surface area contributed by atoms with E-state index in [-0.39, 0.29) is 24.5 Å². The lowest BCUT2D eigenvalue weighted by Crippen LogP contribution is -2.45. The number of likely N-dealkylation sites (tertiary alicyclic amines) is 2. The molecule has 3 fully saturated rings. The number of esters is 1. The first kappa shape index (κ1) is 23.0. The van der Waals surface area contributed by atoms with Crippen molar-refractivity contribution in [3.8, 4) is 11.4 Å². The molecule has 178 valence electrons. The molecule has 10 heteroatoms. The minimum atomic E-state index is -0.413. The maximum Gasteiger partial charge on any atom is 0.312 e. The third-order valence-corrected chi connectivity index (χ3v) is 7.01. The number of aromatic amines is 1. The SMILES string of the molecule is Cn1cccc1-c1cc(C(=O)N2CCC3(CC2)CC(CN2CCCC2)OC3=O)[nH]n1.O=CO. The number of piperidine rings is 1. The quantitative estimate of drug-likeness (QED) is 0.530. The van der Waals surface area contributed by atoms with E-state index in [0.717, 1.165) is 37.4 Å². The zero-order chi connectivity index (χ0) is 23.4. The number of carbonyl (C=O) groups excluding carboxylic acids is 2. The lowest BCUT2D eigenvalue weighted by atomic mass is 9.76. The number of amides is 1. The molecule has 2 aromatic heterocycles. The smallest absolute Gasteiger partial charge is 0.312 e. The van der Waals surface area contributed by atoms with Crippen LogP contribution in [0.3, 0.4) is 0 Å². The standard InChI is InChI=1S/C22H29N5O3.CH2O2/c1-25-8-4-5-19(25)17-13-18(24-23-17)20(28)27-11-6-22(7-12-27)14-16(30-21(22)29)15-26-9-2-3-10-26;2-1-3/h4-5,8,13,16H,2-3,6-7,9-12,14-15H2,1H3,(H,23,24);1H,(H,2,3). The highest BCUT2D eigenvalue weighted by atomic mass is 16.6. The summed E-state index contributed by atoms with van der Waals surface area (Å²) in [7, 11) is 1.95. The third kappa shape index (κ3) is 4.80. The van der Waals surface area contributed by atoms with Gasteiger partial charge in [0.25, 0.3) is 12.4 Å². The predicted molar refractivity (Wildman–Crippen MR) is 119 cm³/mol. The second kappa shape index (κ2) is 9.78. The van der Waals surface area contributed by atoms with Gasteiger partial charge in [0.05, 0.1) is 11.1 Å². The summed E-state index contributed by atoms with van der Waals surface area (Å²) in [6.07, 6.45) is 6.56. The Morgan fingerprint density at radius 2 is 2.00 bits per heavy atom. The highest BCUT2D eigenvalue weighted by Gasteiger charge is 2.51. The second-order valence-corrected chi connectivity index (χ2v) is 9.09. The van der Waals surface area contributed by atoms with E-state index in [2.05, 4.69) is 15.1 Å². The summed E-state index contributed by atoms with van der Waals surface area (Å²) in [5, 5.41) is 14.1. The molecule has 0 bridgehead atoms. The maximum absolute atomic E-state index is 13.0. The van der Waals surface area contributed by atoms with E-state index in [4.69, 9.17) is 14.6 Å². The van der Waals surface area contributed by atoms with E-state index < -0.39 is 5.41 Å². The van der Waals surface area contributed by atoms with Gasteiger partial charge in [-0.3, -0.25) is 24.4 Å². The first-order valence-corrected chi connectivity index (χ1v) is 11.4. The molecule has 1 spiro atoms. The molecule has 0 aliphatic carbocycles. The second-order valence-electron chi connectivity index (χ2n) is 9.09. The number of hydrogen-bond donors (Lipinski definition) is 2. The number of carboxylic acid groups (broad SMARTS) is 1. The summed E-state index contributed by atoms with van der Waals surface area (Å²) in [6.45, 7) is 3.97. The van der Waals surface area contributed by atoms with Crippen molar-refractivity contribution in [3.63, 3.8) is 0 Å². The number of nitrogens with one attached hydrogen (secondary N) is 1. The maximum atomic E-state index is 13.0. The van der Waals surface area contributed by atoms with Crippen molar-refractivity contribution in [1.82, 2.24) is 24.6 Å². The van der Waals surface area contributed by atoms with Crippen LogP contribution in [0.2, 0.25) is 0 Å². The van der Waals surface area contributed by atoms with Crippen LogP contribution in [-0.4, -0.2) is 86.8 Å². The van der Waals surface area contributed by atoms with E-state index in [1.54, 1.807) is 6.07 Å². The Balaban J connectivity index is 0.000000821.